The number of halogens is 3. The van der Waals surface area contributed by atoms with Gasteiger partial charge >= 0.3 is 0 Å². The third-order valence-electron chi connectivity index (χ3n) is 8.96. The molecule has 2 aliphatic carbocycles. The Morgan fingerprint density at radius 2 is 1.90 bits per heavy atom. The third kappa shape index (κ3) is 3.80. The summed E-state index contributed by atoms with van der Waals surface area (Å²) in [5.41, 5.74) is 6.73. The fourth-order valence-corrected chi connectivity index (χ4v) is 7.13. The molecule has 0 N–H and O–H groups in total. The Balaban J connectivity index is 1.14. The highest BCUT2D eigenvalue weighted by Crippen LogP contribution is 2.60. The molecule has 3 atom stereocenters. The molecule has 4 aliphatic rings. The summed E-state index contributed by atoms with van der Waals surface area (Å²) < 4.78 is 34.4. The van der Waals surface area contributed by atoms with Crippen molar-refractivity contribution in [1.82, 2.24) is 19.6 Å². The number of hydrogen-bond acceptors (Lipinski definition) is 4. The van der Waals surface area contributed by atoms with Gasteiger partial charge in [0, 0.05) is 51.5 Å². The summed E-state index contributed by atoms with van der Waals surface area (Å²) in [4.78, 5) is 18.0. The molecule has 0 amide bonds. The lowest BCUT2D eigenvalue weighted by Crippen LogP contribution is -2.29. The van der Waals surface area contributed by atoms with Crippen LogP contribution in [-0.2, 0) is 12.8 Å². The van der Waals surface area contributed by atoms with Crippen molar-refractivity contribution in [1.29, 1.82) is 0 Å². The summed E-state index contributed by atoms with van der Waals surface area (Å²) in [6.07, 6.45) is 6.36. The first-order valence-electron chi connectivity index (χ1n) is 13.7. The monoisotopic (exact) mass is 567 g/mol. The number of pyridine rings is 1. The van der Waals surface area contributed by atoms with Gasteiger partial charge in [-0.3, -0.25) is 4.79 Å². The molecule has 8 rings (SSSR count). The fourth-order valence-electron chi connectivity index (χ4n) is 6.96. The first-order chi connectivity index (χ1) is 19.9. The summed E-state index contributed by atoms with van der Waals surface area (Å²) in [7, 11) is 0. The van der Waals surface area contributed by atoms with E-state index in [1.165, 1.54) is 0 Å². The van der Waals surface area contributed by atoms with Crippen molar-refractivity contribution >= 4 is 22.9 Å². The van der Waals surface area contributed by atoms with E-state index in [1.54, 1.807) is 39.8 Å². The zero-order valence-electron chi connectivity index (χ0n) is 21.9. The van der Waals surface area contributed by atoms with Crippen LogP contribution in [0.1, 0.15) is 53.6 Å². The smallest absolute Gasteiger partial charge is 0.251 e. The molecular weight excluding hydrogens is 544 g/mol. The molecule has 2 aromatic carbocycles. The molecular formula is C32H24ClF2N5O. The zero-order valence-corrected chi connectivity index (χ0v) is 22.7. The molecule has 0 saturated heterocycles. The van der Waals surface area contributed by atoms with Gasteiger partial charge in [0.2, 0.25) is 5.95 Å². The molecule has 4 heterocycles. The van der Waals surface area contributed by atoms with Crippen molar-refractivity contribution in [2.24, 2.45) is 10.9 Å². The van der Waals surface area contributed by atoms with Crippen molar-refractivity contribution in [3.63, 3.8) is 0 Å². The van der Waals surface area contributed by atoms with Gasteiger partial charge in [-0.15, -0.1) is 5.10 Å². The third-order valence-corrected chi connectivity index (χ3v) is 9.20. The van der Waals surface area contributed by atoms with Gasteiger partial charge in [0.25, 0.3) is 5.56 Å². The molecule has 9 heteroatoms. The predicted molar refractivity (Wildman–Crippen MR) is 154 cm³/mol. The normalized spacial score (nSPS) is 22.5. The molecule has 6 nitrogen and oxygen atoms in total. The van der Waals surface area contributed by atoms with Crippen LogP contribution in [0.25, 0.3) is 22.4 Å². The Kier molecular flexibility index (Phi) is 5.35. The highest BCUT2D eigenvalue weighted by Gasteiger charge is 2.55. The average molecular weight is 568 g/mol. The predicted octanol–water partition coefficient (Wildman–Crippen LogP) is 6.77. The van der Waals surface area contributed by atoms with E-state index in [9.17, 15) is 4.79 Å². The van der Waals surface area contributed by atoms with Crippen LogP contribution in [0.15, 0.2) is 82.7 Å². The number of nitrogens with zero attached hydrogens (tertiary/aromatic N) is 5. The van der Waals surface area contributed by atoms with Crippen molar-refractivity contribution < 1.29 is 8.78 Å². The maximum absolute atomic E-state index is 15.6. The lowest BCUT2D eigenvalue weighted by Gasteiger charge is -2.21. The van der Waals surface area contributed by atoms with Gasteiger partial charge in [-0.05, 0) is 72.6 Å². The Morgan fingerprint density at radius 3 is 2.73 bits per heavy atom. The van der Waals surface area contributed by atoms with Gasteiger partial charge in [-0.1, -0.05) is 41.1 Å². The number of aromatic nitrogens is 4. The number of benzene rings is 2. The van der Waals surface area contributed by atoms with E-state index in [0.29, 0.717) is 29.1 Å². The van der Waals surface area contributed by atoms with Crippen LogP contribution in [0.4, 0.5) is 8.78 Å². The SMILES string of the molecule is C=C1CCc2c(ccc(C3=C(F)N=C(C4C5CC5c5cc(-c6cc(Cl)ccc6-n6ccnn6)cc(=O)n54)C3)c2F)C1. The second-order valence-corrected chi connectivity index (χ2v) is 11.8. The quantitative estimate of drug-likeness (QED) is 0.202. The average Bonchev–Trinajstić information content (AvgIpc) is 3.25. The summed E-state index contributed by atoms with van der Waals surface area (Å²) in [5.74, 6) is -0.674. The van der Waals surface area contributed by atoms with Gasteiger partial charge < -0.3 is 4.57 Å². The van der Waals surface area contributed by atoms with Crippen molar-refractivity contribution in [2.45, 2.75) is 44.1 Å². The van der Waals surface area contributed by atoms with Gasteiger partial charge in [0.15, 0.2) is 0 Å². The number of allylic oxidation sites excluding steroid dienone is 2. The minimum atomic E-state index is -0.661. The Labute approximate surface area is 239 Å². The minimum absolute atomic E-state index is 0.164. The van der Waals surface area contributed by atoms with E-state index in [2.05, 4.69) is 21.9 Å². The minimum Gasteiger partial charge on any atom is -0.303 e. The first-order valence-corrected chi connectivity index (χ1v) is 14.1. The van der Waals surface area contributed by atoms with Crippen LogP contribution in [0.3, 0.4) is 0 Å². The van der Waals surface area contributed by atoms with Gasteiger partial charge in [0.1, 0.15) is 5.82 Å². The molecule has 41 heavy (non-hydrogen) atoms. The van der Waals surface area contributed by atoms with Crippen LogP contribution < -0.4 is 5.56 Å². The van der Waals surface area contributed by atoms with Crippen LogP contribution in [-0.4, -0.2) is 25.3 Å². The second-order valence-electron chi connectivity index (χ2n) is 11.4. The molecule has 0 radical (unpaired) electrons. The lowest BCUT2D eigenvalue weighted by atomic mass is 9.85. The topological polar surface area (TPSA) is 65.1 Å². The van der Waals surface area contributed by atoms with E-state index in [0.717, 1.165) is 46.5 Å². The largest absolute Gasteiger partial charge is 0.303 e. The molecule has 1 saturated carbocycles. The van der Waals surface area contributed by atoms with Crippen molar-refractivity contribution in [3.05, 3.63) is 117 Å². The van der Waals surface area contributed by atoms with Gasteiger partial charge in [0.05, 0.1) is 24.1 Å². The second kappa shape index (κ2) is 8.91. The maximum atomic E-state index is 15.6. The first kappa shape index (κ1) is 24.6. The molecule has 204 valence electrons. The highest BCUT2D eigenvalue weighted by atomic mass is 35.5. The van der Waals surface area contributed by atoms with Crippen molar-refractivity contribution in [3.8, 4) is 16.8 Å². The zero-order chi connectivity index (χ0) is 28.0. The molecule has 3 unspecified atom stereocenters. The summed E-state index contributed by atoms with van der Waals surface area (Å²) in [6.45, 7) is 4.04. The van der Waals surface area contributed by atoms with Crippen molar-refractivity contribution in [2.75, 3.05) is 0 Å². The highest BCUT2D eigenvalue weighted by molar-refractivity contribution is 6.31. The number of fused-ring (bicyclic) bond motifs is 4. The maximum Gasteiger partial charge on any atom is 0.251 e. The summed E-state index contributed by atoms with van der Waals surface area (Å²) >= 11 is 6.35. The van der Waals surface area contributed by atoms with E-state index in [4.69, 9.17) is 11.6 Å². The molecule has 2 aromatic heterocycles. The fraction of sp³-hybridized carbons (Fsp3) is 0.250. The van der Waals surface area contributed by atoms with Gasteiger partial charge in [-0.2, -0.15) is 4.39 Å². The van der Waals surface area contributed by atoms with Crippen LogP contribution in [0, 0.1) is 11.7 Å². The van der Waals surface area contributed by atoms with E-state index < -0.39 is 5.95 Å². The number of aliphatic imine (C=N–C) groups is 1. The lowest BCUT2D eigenvalue weighted by molar-refractivity contribution is 0.579. The standard InChI is InChI=1S/C32H24ClF2N5O/c1-16-2-5-20-17(10-16)3-6-21(30(20)34)25-15-26(37-32(25)35)31-24-14-23(24)28-11-18(12-29(41)40(28)31)22-13-19(33)4-7-27(22)39-9-8-36-38-39/h3-4,6-9,11-13,23-24,31H,1-2,5,10,14-15H2. The van der Waals surface area contributed by atoms with Crippen LogP contribution in [0.2, 0.25) is 5.02 Å². The summed E-state index contributed by atoms with van der Waals surface area (Å²) in [6, 6.07) is 12.2. The van der Waals surface area contributed by atoms with E-state index >= 15 is 8.78 Å². The Morgan fingerprint density at radius 1 is 1.02 bits per heavy atom. The van der Waals surface area contributed by atoms with Crippen LogP contribution >= 0.6 is 11.6 Å². The molecule has 0 spiro atoms. The molecule has 4 aromatic rings. The molecule has 1 fully saturated rings. The van der Waals surface area contributed by atoms with E-state index in [-0.39, 0.29) is 46.8 Å². The Bertz CT molecular complexity index is 1920. The Hall–Kier alpha value is -4.17. The van der Waals surface area contributed by atoms with Crippen LogP contribution in [0.5, 0.6) is 0 Å². The number of rotatable bonds is 4. The number of hydrogen-bond donors (Lipinski definition) is 0. The van der Waals surface area contributed by atoms with Gasteiger partial charge in [-0.25, -0.2) is 14.1 Å². The molecule has 2 aliphatic heterocycles. The van der Waals surface area contributed by atoms with E-state index in [1.807, 2.05) is 24.3 Å². The molecule has 0 bridgehead atoms. The summed E-state index contributed by atoms with van der Waals surface area (Å²) in [5, 5.41) is 8.56.